The fourth-order valence-electron chi connectivity index (χ4n) is 2.16. The number of nitrogens with two attached hydrogens (primary N) is 1. The minimum absolute atomic E-state index is 0.368. The van der Waals surface area contributed by atoms with Crippen LogP contribution in [0.15, 0.2) is 10.6 Å². The standard InChI is InChI=1S/C11H19N3O/c1-8-5-11(15-14-8)7-13-10-4-2-3-9(12)6-10/h5,9-10,13H,2-4,6-7,12H2,1H3. The van der Waals surface area contributed by atoms with E-state index in [1.807, 2.05) is 13.0 Å². The molecule has 0 aromatic carbocycles. The first kappa shape index (κ1) is 10.6. The summed E-state index contributed by atoms with van der Waals surface area (Å²) in [5.41, 5.74) is 6.86. The molecule has 1 fully saturated rings. The largest absolute Gasteiger partial charge is 0.360 e. The molecule has 0 radical (unpaired) electrons. The summed E-state index contributed by atoms with van der Waals surface area (Å²) in [5.74, 6) is 0.909. The van der Waals surface area contributed by atoms with Crippen LogP contribution in [-0.4, -0.2) is 17.2 Å². The zero-order valence-corrected chi connectivity index (χ0v) is 9.20. The van der Waals surface area contributed by atoms with Gasteiger partial charge in [0.1, 0.15) is 0 Å². The Bertz CT molecular complexity index is 311. The number of aryl methyl sites for hydroxylation is 1. The smallest absolute Gasteiger partial charge is 0.150 e. The lowest BCUT2D eigenvalue weighted by molar-refractivity contribution is 0.313. The molecule has 84 valence electrons. The highest BCUT2D eigenvalue weighted by Crippen LogP contribution is 2.17. The molecular formula is C11H19N3O. The molecule has 2 rings (SSSR count). The second kappa shape index (κ2) is 4.77. The van der Waals surface area contributed by atoms with Crippen molar-refractivity contribution in [2.45, 2.75) is 51.2 Å². The number of hydrogen-bond acceptors (Lipinski definition) is 4. The molecule has 0 bridgehead atoms. The molecule has 1 aliphatic rings. The van der Waals surface area contributed by atoms with Crippen LogP contribution in [0.25, 0.3) is 0 Å². The highest BCUT2D eigenvalue weighted by Gasteiger charge is 2.18. The first-order valence-corrected chi connectivity index (χ1v) is 5.65. The van der Waals surface area contributed by atoms with Gasteiger partial charge in [0.15, 0.2) is 5.76 Å². The van der Waals surface area contributed by atoms with Crippen molar-refractivity contribution >= 4 is 0 Å². The van der Waals surface area contributed by atoms with Gasteiger partial charge >= 0.3 is 0 Å². The lowest BCUT2D eigenvalue weighted by atomic mass is 9.91. The third kappa shape index (κ3) is 3.04. The maximum atomic E-state index is 5.92. The van der Waals surface area contributed by atoms with Crippen molar-refractivity contribution in [2.24, 2.45) is 5.73 Å². The molecule has 0 spiro atoms. The molecule has 4 nitrogen and oxygen atoms in total. The molecule has 0 aliphatic heterocycles. The van der Waals surface area contributed by atoms with Crippen LogP contribution in [0, 0.1) is 6.92 Å². The minimum atomic E-state index is 0.368. The monoisotopic (exact) mass is 209 g/mol. The van der Waals surface area contributed by atoms with Crippen LogP contribution in [-0.2, 0) is 6.54 Å². The Hall–Kier alpha value is -0.870. The van der Waals surface area contributed by atoms with Crippen LogP contribution in [0.5, 0.6) is 0 Å². The number of rotatable bonds is 3. The summed E-state index contributed by atoms with van der Waals surface area (Å²) in [7, 11) is 0. The van der Waals surface area contributed by atoms with Gasteiger partial charge in [0, 0.05) is 18.2 Å². The predicted molar refractivity (Wildman–Crippen MR) is 58.3 cm³/mol. The number of nitrogens with zero attached hydrogens (tertiary/aromatic N) is 1. The lowest BCUT2D eigenvalue weighted by Gasteiger charge is -2.27. The SMILES string of the molecule is Cc1cc(CNC2CCCC(N)C2)on1. The highest BCUT2D eigenvalue weighted by molar-refractivity contribution is 5.02. The van der Waals surface area contributed by atoms with Crippen LogP contribution < -0.4 is 11.1 Å². The van der Waals surface area contributed by atoms with Gasteiger partial charge in [-0.2, -0.15) is 0 Å². The second-order valence-corrected chi connectivity index (χ2v) is 4.44. The van der Waals surface area contributed by atoms with Crippen LogP contribution in [0.1, 0.15) is 37.1 Å². The topological polar surface area (TPSA) is 64.1 Å². The third-order valence-electron chi connectivity index (χ3n) is 2.96. The molecule has 0 saturated heterocycles. The van der Waals surface area contributed by atoms with E-state index >= 15 is 0 Å². The lowest BCUT2D eigenvalue weighted by Crippen LogP contribution is -2.38. The van der Waals surface area contributed by atoms with Crippen LogP contribution in [0.3, 0.4) is 0 Å². The molecule has 2 unspecified atom stereocenters. The Morgan fingerprint density at radius 2 is 2.47 bits per heavy atom. The van der Waals surface area contributed by atoms with E-state index in [1.54, 1.807) is 0 Å². The van der Waals surface area contributed by atoms with E-state index in [0.29, 0.717) is 12.1 Å². The normalized spacial score (nSPS) is 26.8. The minimum Gasteiger partial charge on any atom is -0.360 e. The van der Waals surface area contributed by atoms with Gasteiger partial charge in [0.05, 0.1) is 12.2 Å². The summed E-state index contributed by atoms with van der Waals surface area (Å²) >= 11 is 0. The average Bonchev–Trinajstić information content (AvgIpc) is 2.62. The fourth-order valence-corrected chi connectivity index (χ4v) is 2.16. The first-order valence-electron chi connectivity index (χ1n) is 5.65. The molecule has 1 aromatic rings. The summed E-state index contributed by atoms with van der Waals surface area (Å²) in [4.78, 5) is 0. The van der Waals surface area contributed by atoms with Gasteiger partial charge in [-0.25, -0.2) is 0 Å². The molecule has 2 atom stereocenters. The fraction of sp³-hybridized carbons (Fsp3) is 0.727. The maximum Gasteiger partial charge on any atom is 0.150 e. The summed E-state index contributed by atoms with van der Waals surface area (Å²) in [6, 6.07) is 2.88. The number of nitrogens with one attached hydrogen (secondary N) is 1. The van der Waals surface area contributed by atoms with E-state index in [0.717, 1.165) is 24.4 Å². The Morgan fingerprint density at radius 1 is 1.60 bits per heavy atom. The van der Waals surface area contributed by atoms with Crippen molar-refractivity contribution in [2.75, 3.05) is 0 Å². The summed E-state index contributed by atoms with van der Waals surface area (Å²) < 4.78 is 5.14. The van der Waals surface area contributed by atoms with Gasteiger partial charge in [-0.3, -0.25) is 0 Å². The Morgan fingerprint density at radius 3 is 3.13 bits per heavy atom. The van der Waals surface area contributed by atoms with Crippen molar-refractivity contribution in [3.8, 4) is 0 Å². The predicted octanol–water partition coefficient (Wildman–Crippen LogP) is 1.34. The molecule has 1 aliphatic carbocycles. The zero-order chi connectivity index (χ0) is 10.7. The van der Waals surface area contributed by atoms with E-state index in [2.05, 4.69) is 10.5 Å². The third-order valence-corrected chi connectivity index (χ3v) is 2.96. The Balaban J connectivity index is 1.77. The van der Waals surface area contributed by atoms with Crippen LogP contribution >= 0.6 is 0 Å². The molecule has 1 aromatic heterocycles. The van der Waals surface area contributed by atoms with Gasteiger partial charge in [0.25, 0.3) is 0 Å². The number of aromatic nitrogens is 1. The van der Waals surface area contributed by atoms with E-state index in [4.69, 9.17) is 10.3 Å². The second-order valence-electron chi connectivity index (χ2n) is 4.44. The van der Waals surface area contributed by atoms with Crippen LogP contribution in [0.4, 0.5) is 0 Å². The van der Waals surface area contributed by atoms with Gasteiger partial charge in [-0.1, -0.05) is 11.6 Å². The van der Waals surface area contributed by atoms with Gasteiger partial charge in [0.2, 0.25) is 0 Å². The number of hydrogen-bond donors (Lipinski definition) is 2. The summed E-state index contributed by atoms with van der Waals surface area (Å²) in [5, 5.41) is 7.32. The maximum absolute atomic E-state index is 5.92. The van der Waals surface area contributed by atoms with E-state index in [9.17, 15) is 0 Å². The molecular weight excluding hydrogens is 190 g/mol. The molecule has 4 heteroatoms. The average molecular weight is 209 g/mol. The van der Waals surface area contributed by atoms with Gasteiger partial charge in [-0.15, -0.1) is 0 Å². The Labute approximate surface area is 90.2 Å². The van der Waals surface area contributed by atoms with E-state index < -0.39 is 0 Å². The first-order chi connectivity index (χ1) is 7.24. The zero-order valence-electron chi connectivity index (χ0n) is 9.20. The molecule has 1 heterocycles. The quantitative estimate of drug-likeness (QED) is 0.788. The van der Waals surface area contributed by atoms with E-state index in [-0.39, 0.29) is 0 Å². The van der Waals surface area contributed by atoms with Crippen molar-refractivity contribution in [3.63, 3.8) is 0 Å². The van der Waals surface area contributed by atoms with Crippen LogP contribution in [0.2, 0.25) is 0 Å². The van der Waals surface area contributed by atoms with Gasteiger partial charge in [-0.05, 0) is 26.2 Å². The van der Waals surface area contributed by atoms with Crippen molar-refractivity contribution in [1.29, 1.82) is 0 Å². The Kier molecular flexibility index (Phi) is 3.38. The van der Waals surface area contributed by atoms with Gasteiger partial charge < -0.3 is 15.6 Å². The van der Waals surface area contributed by atoms with Crippen molar-refractivity contribution < 1.29 is 4.52 Å². The van der Waals surface area contributed by atoms with E-state index in [1.165, 1.54) is 19.3 Å². The molecule has 3 N–H and O–H groups in total. The molecule has 0 amide bonds. The summed E-state index contributed by atoms with van der Waals surface area (Å²) in [6.45, 7) is 2.70. The van der Waals surface area contributed by atoms with Crippen molar-refractivity contribution in [3.05, 3.63) is 17.5 Å². The molecule has 1 saturated carbocycles. The summed E-state index contributed by atoms with van der Waals surface area (Å²) in [6.07, 6.45) is 4.70. The molecule has 15 heavy (non-hydrogen) atoms. The highest BCUT2D eigenvalue weighted by atomic mass is 16.5. The van der Waals surface area contributed by atoms with Crippen molar-refractivity contribution in [1.82, 2.24) is 10.5 Å².